The number of ether oxygens (including phenoxy) is 2. The van der Waals surface area contributed by atoms with Crippen molar-refractivity contribution in [2.75, 3.05) is 13.2 Å². The first-order valence-corrected chi connectivity index (χ1v) is 13.1. The van der Waals surface area contributed by atoms with Crippen LogP contribution in [0.25, 0.3) is 22.8 Å². The molecule has 0 N–H and O–H groups in total. The number of amides is 1. The van der Waals surface area contributed by atoms with Crippen LogP contribution in [0.15, 0.2) is 64.5 Å². The maximum absolute atomic E-state index is 13.6. The van der Waals surface area contributed by atoms with Gasteiger partial charge < -0.3 is 14.0 Å². The fourth-order valence-electron chi connectivity index (χ4n) is 4.61. The lowest BCUT2D eigenvalue weighted by Gasteiger charge is -2.18. The highest BCUT2D eigenvalue weighted by atomic mass is 35.5. The largest absolute Gasteiger partial charge is 0.462 e. The molecule has 10 heteroatoms. The van der Waals surface area contributed by atoms with Gasteiger partial charge in [0, 0.05) is 23.9 Å². The van der Waals surface area contributed by atoms with Gasteiger partial charge in [-0.15, -0.1) is 0 Å². The molecule has 1 aromatic carbocycles. The molecule has 5 rings (SSSR count). The fourth-order valence-corrected chi connectivity index (χ4v) is 4.74. The number of hydrogen-bond acceptors (Lipinski definition) is 6. The second-order valence-corrected chi connectivity index (χ2v) is 9.66. The van der Waals surface area contributed by atoms with E-state index in [9.17, 15) is 14.4 Å². The first kappa shape index (κ1) is 26.5. The van der Waals surface area contributed by atoms with Crippen molar-refractivity contribution in [1.29, 1.82) is 0 Å². The van der Waals surface area contributed by atoms with Gasteiger partial charge in [-0.3, -0.25) is 14.0 Å². The standard InChI is InChI=1S/C29H27ClN4O5/c1-3-38-29(37)23-16-22-26(32-25-18(2)6-4-14-33(25)28(22)36)34(17-21-7-5-15-39-21)27(23)31-24(35)13-10-19-8-11-20(30)12-9-19/h4,6,8-14,16,21H,3,5,7,15,17H2,1-2H3/b13-10-,31-27?. The molecule has 4 aromatic rings. The molecule has 0 spiro atoms. The van der Waals surface area contributed by atoms with Crippen molar-refractivity contribution in [1.82, 2.24) is 14.0 Å². The van der Waals surface area contributed by atoms with Crippen LogP contribution in [0.3, 0.4) is 0 Å². The summed E-state index contributed by atoms with van der Waals surface area (Å²) >= 11 is 5.95. The number of benzene rings is 1. The Bertz CT molecular complexity index is 1730. The number of halogens is 1. The minimum absolute atomic E-state index is 0.00194. The topological polar surface area (TPSA) is 104 Å². The Morgan fingerprint density at radius 3 is 2.74 bits per heavy atom. The zero-order valence-corrected chi connectivity index (χ0v) is 22.4. The third kappa shape index (κ3) is 5.55. The van der Waals surface area contributed by atoms with E-state index in [1.165, 1.54) is 16.5 Å². The molecule has 1 amide bonds. The van der Waals surface area contributed by atoms with E-state index in [-0.39, 0.29) is 41.3 Å². The Labute approximate surface area is 229 Å². The summed E-state index contributed by atoms with van der Waals surface area (Å²) in [6.07, 6.45) is 6.03. The summed E-state index contributed by atoms with van der Waals surface area (Å²) in [5.74, 6) is -1.29. The van der Waals surface area contributed by atoms with Crippen molar-refractivity contribution in [3.63, 3.8) is 0 Å². The average Bonchev–Trinajstić information content (AvgIpc) is 3.44. The van der Waals surface area contributed by atoms with Gasteiger partial charge in [0.05, 0.1) is 24.6 Å². The Morgan fingerprint density at radius 1 is 1.23 bits per heavy atom. The molecule has 3 aromatic heterocycles. The van der Waals surface area contributed by atoms with E-state index < -0.39 is 11.9 Å². The quantitative estimate of drug-likeness (QED) is 0.205. The highest BCUT2D eigenvalue weighted by molar-refractivity contribution is 6.30. The Kier molecular flexibility index (Phi) is 7.72. The smallest absolute Gasteiger partial charge is 0.341 e. The van der Waals surface area contributed by atoms with Crippen LogP contribution in [0, 0.1) is 6.92 Å². The number of esters is 1. The number of rotatable bonds is 6. The number of pyridine rings is 2. The minimum atomic E-state index is -0.692. The van der Waals surface area contributed by atoms with Gasteiger partial charge in [0.15, 0.2) is 5.49 Å². The lowest BCUT2D eigenvalue weighted by atomic mass is 10.1. The average molecular weight is 547 g/mol. The van der Waals surface area contributed by atoms with Gasteiger partial charge in [0.1, 0.15) is 16.9 Å². The summed E-state index contributed by atoms with van der Waals surface area (Å²) in [7, 11) is 0. The van der Waals surface area contributed by atoms with E-state index in [4.69, 9.17) is 26.1 Å². The van der Waals surface area contributed by atoms with E-state index >= 15 is 0 Å². The van der Waals surface area contributed by atoms with Gasteiger partial charge in [-0.1, -0.05) is 29.8 Å². The zero-order valence-electron chi connectivity index (χ0n) is 21.6. The molecule has 1 aliphatic rings. The molecule has 0 bridgehead atoms. The highest BCUT2D eigenvalue weighted by Crippen LogP contribution is 2.18. The zero-order chi connectivity index (χ0) is 27.5. The third-order valence-corrected chi connectivity index (χ3v) is 6.77. The summed E-state index contributed by atoms with van der Waals surface area (Å²) in [5.41, 5.74) is 2.07. The fraction of sp³-hybridized carbons (Fsp3) is 0.276. The molecule has 0 saturated carbocycles. The predicted molar refractivity (Wildman–Crippen MR) is 148 cm³/mol. The van der Waals surface area contributed by atoms with Crippen LogP contribution in [0.2, 0.25) is 5.02 Å². The van der Waals surface area contributed by atoms with Gasteiger partial charge in [-0.2, -0.15) is 4.99 Å². The van der Waals surface area contributed by atoms with Crippen molar-refractivity contribution in [2.45, 2.75) is 39.3 Å². The number of aromatic nitrogens is 3. The first-order valence-electron chi connectivity index (χ1n) is 12.7. The molecule has 1 unspecified atom stereocenters. The van der Waals surface area contributed by atoms with Gasteiger partial charge in [0.2, 0.25) is 0 Å². The van der Waals surface area contributed by atoms with E-state index in [1.54, 1.807) is 54.1 Å². The second kappa shape index (κ2) is 11.3. The highest BCUT2D eigenvalue weighted by Gasteiger charge is 2.23. The molecule has 200 valence electrons. The summed E-state index contributed by atoms with van der Waals surface area (Å²) in [6, 6.07) is 12.0. The lowest BCUT2D eigenvalue weighted by molar-refractivity contribution is -0.113. The number of fused-ring (bicyclic) bond motifs is 2. The SMILES string of the molecule is CCOC(=O)c1cc2c(=O)n3cccc(C)c3nc2n(CC2CCCO2)c1=NC(=O)/C=C\c1ccc(Cl)cc1. The normalized spacial score (nSPS) is 16.0. The van der Waals surface area contributed by atoms with Crippen molar-refractivity contribution in [3.8, 4) is 0 Å². The predicted octanol–water partition coefficient (Wildman–Crippen LogP) is 4.11. The molecular formula is C29H27ClN4O5. The van der Waals surface area contributed by atoms with Crippen LogP contribution in [-0.4, -0.2) is 45.1 Å². The molecule has 4 heterocycles. The molecule has 39 heavy (non-hydrogen) atoms. The van der Waals surface area contributed by atoms with Gasteiger partial charge in [-0.25, -0.2) is 9.78 Å². The number of carbonyl (C=O) groups is 2. The number of nitrogens with zero attached hydrogens (tertiary/aromatic N) is 4. The van der Waals surface area contributed by atoms with Gasteiger partial charge in [-0.05, 0) is 68.2 Å². The van der Waals surface area contributed by atoms with Crippen LogP contribution in [0.5, 0.6) is 0 Å². The van der Waals surface area contributed by atoms with Crippen molar-refractivity contribution in [2.24, 2.45) is 4.99 Å². The first-order chi connectivity index (χ1) is 18.9. The van der Waals surface area contributed by atoms with E-state index in [0.717, 1.165) is 24.0 Å². The molecule has 1 atom stereocenters. The third-order valence-electron chi connectivity index (χ3n) is 6.52. The Hall–Kier alpha value is -4.08. The summed E-state index contributed by atoms with van der Waals surface area (Å²) in [6.45, 7) is 4.52. The molecule has 1 fully saturated rings. The van der Waals surface area contributed by atoms with Crippen molar-refractivity contribution in [3.05, 3.63) is 92.3 Å². The maximum Gasteiger partial charge on any atom is 0.341 e. The molecule has 0 aliphatic carbocycles. The number of hydrogen-bond donors (Lipinski definition) is 0. The Morgan fingerprint density at radius 2 is 2.03 bits per heavy atom. The molecular weight excluding hydrogens is 520 g/mol. The van der Waals surface area contributed by atoms with Gasteiger partial charge in [0.25, 0.3) is 11.5 Å². The van der Waals surface area contributed by atoms with E-state index in [0.29, 0.717) is 22.9 Å². The molecule has 9 nitrogen and oxygen atoms in total. The summed E-state index contributed by atoms with van der Waals surface area (Å²) < 4.78 is 14.2. The summed E-state index contributed by atoms with van der Waals surface area (Å²) in [4.78, 5) is 48.9. The second-order valence-electron chi connectivity index (χ2n) is 9.22. The van der Waals surface area contributed by atoms with Crippen molar-refractivity contribution < 1.29 is 19.1 Å². The number of carbonyl (C=O) groups excluding carboxylic acids is 2. The number of aryl methyl sites for hydroxylation is 1. The molecule has 0 radical (unpaired) electrons. The maximum atomic E-state index is 13.6. The van der Waals surface area contributed by atoms with E-state index in [1.807, 2.05) is 13.0 Å². The van der Waals surface area contributed by atoms with Crippen LogP contribution in [0.4, 0.5) is 0 Å². The van der Waals surface area contributed by atoms with Crippen LogP contribution >= 0.6 is 11.6 Å². The Balaban J connectivity index is 1.78. The van der Waals surface area contributed by atoms with Crippen LogP contribution in [0.1, 0.15) is 41.3 Å². The monoisotopic (exact) mass is 546 g/mol. The summed E-state index contributed by atoms with van der Waals surface area (Å²) in [5, 5.41) is 0.794. The molecule has 1 aliphatic heterocycles. The molecule has 1 saturated heterocycles. The lowest BCUT2D eigenvalue weighted by Crippen LogP contribution is -2.35. The van der Waals surface area contributed by atoms with Crippen LogP contribution in [-0.2, 0) is 20.8 Å². The van der Waals surface area contributed by atoms with Crippen LogP contribution < -0.4 is 11.0 Å². The van der Waals surface area contributed by atoms with Crippen molar-refractivity contribution >= 4 is 46.2 Å². The minimum Gasteiger partial charge on any atom is -0.462 e. The van der Waals surface area contributed by atoms with Gasteiger partial charge >= 0.3 is 5.97 Å². The van der Waals surface area contributed by atoms with E-state index in [2.05, 4.69) is 4.99 Å².